The molecule has 0 unspecified atom stereocenters. The Morgan fingerprint density at radius 1 is 1.31 bits per heavy atom. The predicted octanol–water partition coefficient (Wildman–Crippen LogP) is 1.89. The Kier molecular flexibility index (Phi) is 6.56. The number of carbonyl (C=O) groups excluding carboxylic acids is 2. The highest BCUT2D eigenvalue weighted by Gasteiger charge is 2.29. The topological polar surface area (TPSA) is 89.5 Å². The molecule has 6 nitrogen and oxygen atoms in total. The van der Waals surface area contributed by atoms with Crippen LogP contribution in [0.4, 0.5) is 18.9 Å². The molecule has 26 heavy (non-hydrogen) atoms. The van der Waals surface area contributed by atoms with Crippen LogP contribution in [0.5, 0.6) is 0 Å². The number of amides is 1. The first kappa shape index (κ1) is 20.6. The molecule has 0 bridgehead atoms. The van der Waals surface area contributed by atoms with Crippen molar-refractivity contribution >= 4 is 39.2 Å². The summed E-state index contributed by atoms with van der Waals surface area (Å²) < 4.78 is 67.0. The monoisotopic (exact) mass is 411 g/mol. The lowest BCUT2D eigenvalue weighted by Gasteiger charge is -2.14. The standard InChI is InChI=1S/C15H16F3NO5S2/c1-8(15(21)19-11-3-2-10(16)13(17)14(11)18)24-12(20)6-25-9-4-5-26(22,23)7-9/h2-3,8-9H,4-7H2,1H3,(H,19,21)/t8-,9+/m1/s1. The van der Waals surface area contributed by atoms with Crippen LogP contribution in [0.15, 0.2) is 12.1 Å². The van der Waals surface area contributed by atoms with Crippen LogP contribution in [0.2, 0.25) is 0 Å². The van der Waals surface area contributed by atoms with Crippen molar-refractivity contribution in [3.63, 3.8) is 0 Å². The summed E-state index contributed by atoms with van der Waals surface area (Å²) in [4.78, 5) is 23.6. The van der Waals surface area contributed by atoms with E-state index in [0.717, 1.165) is 17.8 Å². The van der Waals surface area contributed by atoms with E-state index in [2.05, 4.69) is 0 Å². The number of benzene rings is 1. The number of anilines is 1. The van der Waals surface area contributed by atoms with Crippen LogP contribution in [-0.2, 0) is 24.2 Å². The van der Waals surface area contributed by atoms with Crippen molar-refractivity contribution in [3.8, 4) is 0 Å². The number of rotatable bonds is 6. The Bertz CT molecular complexity index is 816. The number of hydrogen-bond donors (Lipinski definition) is 1. The fourth-order valence-corrected chi connectivity index (χ4v) is 5.64. The molecule has 0 spiro atoms. The lowest BCUT2D eigenvalue weighted by molar-refractivity contribution is -0.150. The maximum Gasteiger partial charge on any atom is 0.316 e. The maximum absolute atomic E-state index is 13.5. The number of sulfone groups is 1. The predicted molar refractivity (Wildman–Crippen MR) is 90.0 cm³/mol. The van der Waals surface area contributed by atoms with Crippen LogP contribution in [0, 0.1) is 17.5 Å². The van der Waals surface area contributed by atoms with Gasteiger partial charge in [0.15, 0.2) is 33.4 Å². The summed E-state index contributed by atoms with van der Waals surface area (Å²) >= 11 is 1.12. The van der Waals surface area contributed by atoms with E-state index in [1.165, 1.54) is 6.92 Å². The molecule has 1 aliphatic heterocycles. The van der Waals surface area contributed by atoms with E-state index >= 15 is 0 Å². The van der Waals surface area contributed by atoms with Gasteiger partial charge in [-0.05, 0) is 25.5 Å². The number of nitrogens with one attached hydrogen (secondary N) is 1. The van der Waals surface area contributed by atoms with Crippen LogP contribution in [0.25, 0.3) is 0 Å². The molecule has 0 aromatic heterocycles. The van der Waals surface area contributed by atoms with Crippen molar-refractivity contribution in [1.82, 2.24) is 0 Å². The Morgan fingerprint density at radius 2 is 2.00 bits per heavy atom. The lowest BCUT2D eigenvalue weighted by atomic mass is 10.2. The molecule has 1 heterocycles. The highest BCUT2D eigenvalue weighted by molar-refractivity contribution is 8.02. The molecule has 1 saturated heterocycles. The molecule has 1 N–H and O–H groups in total. The van der Waals surface area contributed by atoms with Crippen molar-refractivity contribution in [2.24, 2.45) is 0 Å². The maximum atomic E-state index is 13.5. The van der Waals surface area contributed by atoms with Crippen LogP contribution < -0.4 is 5.32 Å². The van der Waals surface area contributed by atoms with E-state index in [1.54, 1.807) is 0 Å². The molecule has 2 atom stereocenters. The van der Waals surface area contributed by atoms with Crippen molar-refractivity contribution in [1.29, 1.82) is 0 Å². The SMILES string of the molecule is C[C@@H](OC(=O)CS[C@H]1CCS(=O)(=O)C1)C(=O)Nc1ccc(F)c(F)c1F. The summed E-state index contributed by atoms with van der Waals surface area (Å²) in [5, 5.41) is 1.81. The molecule has 1 aromatic carbocycles. The average molecular weight is 411 g/mol. The number of carbonyl (C=O) groups is 2. The van der Waals surface area contributed by atoms with Crippen molar-refractivity contribution < 1.29 is 35.9 Å². The number of ether oxygens (including phenoxy) is 1. The van der Waals surface area contributed by atoms with Gasteiger partial charge in [-0.2, -0.15) is 0 Å². The van der Waals surface area contributed by atoms with Gasteiger partial charge in [0.05, 0.1) is 22.9 Å². The number of hydrogen-bond acceptors (Lipinski definition) is 6. The molecular formula is C15H16F3NO5S2. The minimum absolute atomic E-state index is 0.00358. The van der Waals surface area contributed by atoms with Gasteiger partial charge in [0.25, 0.3) is 5.91 Å². The number of halogens is 3. The van der Waals surface area contributed by atoms with E-state index < -0.39 is 51.0 Å². The molecule has 1 aliphatic rings. The highest BCUT2D eigenvalue weighted by Crippen LogP contribution is 2.24. The second kappa shape index (κ2) is 8.30. The van der Waals surface area contributed by atoms with Crippen LogP contribution in [0.1, 0.15) is 13.3 Å². The molecular weight excluding hydrogens is 395 g/mol. The third kappa shape index (κ3) is 5.37. The van der Waals surface area contributed by atoms with E-state index in [9.17, 15) is 31.2 Å². The Balaban J connectivity index is 1.83. The Morgan fingerprint density at radius 3 is 2.62 bits per heavy atom. The molecule has 144 valence electrons. The smallest absolute Gasteiger partial charge is 0.316 e. The van der Waals surface area contributed by atoms with Crippen molar-refractivity contribution in [2.45, 2.75) is 24.7 Å². The van der Waals surface area contributed by atoms with Gasteiger partial charge in [0, 0.05) is 5.25 Å². The second-order valence-electron chi connectivity index (χ2n) is 5.68. The third-order valence-corrected chi connectivity index (χ3v) is 6.85. The normalized spacial score (nSPS) is 19.8. The minimum atomic E-state index is -3.06. The summed E-state index contributed by atoms with van der Waals surface area (Å²) in [5.74, 6) is -6.41. The molecule has 1 amide bonds. The summed E-state index contributed by atoms with van der Waals surface area (Å²) in [6.07, 6.45) is -0.853. The fourth-order valence-electron chi connectivity index (χ4n) is 2.22. The van der Waals surface area contributed by atoms with Gasteiger partial charge in [0.1, 0.15) is 0 Å². The third-order valence-electron chi connectivity index (χ3n) is 3.60. The molecule has 1 fully saturated rings. The van der Waals surface area contributed by atoms with E-state index in [-0.39, 0.29) is 22.5 Å². The average Bonchev–Trinajstić information content (AvgIpc) is 2.92. The van der Waals surface area contributed by atoms with Crippen molar-refractivity contribution in [3.05, 3.63) is 29.6 Å². The number of esters is 1. The highest BCUT2D eigenvalue weighted by atomic mass is 32.2. The fraction of sp³-hybridized carbons (Fsp3) is 0.467. The van der Waals surface area contributed by atoms with Gasteiger partial charge in [-0.3, -0.25) is 9.59 Å². The lowest BCUT2D eigenvalue weighted by Crippen LogP contribution is -2.31. The largest absolute Gasteiger partial charge is 0.452 e. The van der Waals surface area contributed by atoms with Gasteiger partial charge in [0.2, 0.25) is 0 Å². The summed E-state index contributed by atoms with van der Waals surface area (Å²) in [6, 6.07) is 1.49. The molecule has 11 heteroatoms. The Labute approximate surface area is 152 Å². The quantitative estimate of drug-likeness (QED) is 0.568. The molecule has 2 rings (SSSR count). The zero-order valence-electron chi connectivity index (χ0n) is 13.6. The van der Waals surface area contributed by atoms with Crippen LogP contribution in [-0.4, -0.2) is 48.9 Å². The summed E-state index contributed by atoms with van der Waals surface area (Å²) in [6.45, 7) is 1.23. The molecule has 0 radical (unpaired) electrons. The Hall–Kier alpha value is -1.75. The van der Waals surface area contributed by atoms with Gasteiger partial charge in [-0.15, -0.1) is 11.8 Å². The van der Waals surface area contributed by atoms with Gasteiger partial charge >= 0.3 is 5.97 Å². The molecule has 0 aliphatic carbocycles. The van der Waals surface area contributed by atoms with E-state index in [4.69, 9.17) is 4.74 Å². The first-order valence-electron chi connectivity index (χ1n) is 7.55. The second-order valence-corrected chi connectivity index (χ2v) is 9.20. The van der Waals surface area contributed by atoms with E-state index in [1.807, 2.05) is 5.32 Å². The molecule has 0 saturated carbocycles. The van der Waals surface area contributed by atoms with Gasteiger partial charge in [-0.1, -0.05) is 0 Å². The first-order chi connectivity index (χ1) is 12.1. The van der Waals surface area contributed by atoms with Crippen LogP contribution in [0.3, 0.4) is 0 Å². The number of thioether (sulfide) groups is 1. The zero-order valence-corrected chi connectivity index (χ0v) is 15.3. The van der Waals surface area contributed by atoms with E-state index in [0.29, 0.717) is 12.5 Å². The summed E-state index contributed by atoms with van der Waals surface area (Å²) in [5.41, 5.74) is -0.581. The van der Waals surface area contributed by atoms with Gasteiger partial charge in [-0.25, -0.2) is 21.6 Å². The molecule has 1 aromatic rings. The zero-order chi connectivity index (χ0) is 19.5. The van der Waals surface area contributed by atoms with Crippen molar-refractivity contribution in [2.75, 3.05) is 22.6 Å². The minimum Gasteiger partial charge on any atom is -0.452 e. The first-order valence-corrected chi connectivity index (χ1v) is 10.4. The van der Waals surface area contributed by atoms with Crippen LogP contribution >= 0.6 is 11.8 Å². The summed E-state index contributed by atoms with van der Waals surface area (Å²) in [7, 11) is -3.06. The van der Waals surface area contributed by atoms with Gasteiger partial charge < -0.3 is 10.1 Å².